The van der Waals surface area contributed by atoms with Crippen LogP contribution in [0.15, 0.2) is 0 Å². The van der Waals surface area contributed by atoms with Gasteiger partial charge in [0.05, 0.1) is 0 Å². The highest BCUT2D eigenvalue weighted by Gasteiger charge is 2.17. The Morgan fingerprint density at radius 2 is 2.05 bits per heavy atom. The van der Waals surface area contributed by atoms with Crippen molar-refractivity contribution in [2.45, 2.75) is 25.8 Å². The Balaban J connectivity index is 2.07. The summed E-state index contributed by atoms with van der Waals surface area (Å²) in [5.74, 6) is -1.00. The highest BCUT2D eigenvalue weighted by Crippen LogP contribution is 1.94. The molecule has 19 heavy (non-hydrogen) atoms. The predicted octanol–water partition coefficient (Wildman–Crippen LogP) is -0.556. The van der Waals surface area contributed by atoms with Gasteiger partial charge in [0, 0.05) is 32.7 Å². The van der Waals surface area contributed by atoms with E-state index in [1.807, 2.05) is 0 Å². The number of carboxylic acid groups (broad SMARTS) is 1. The summed E-state index contributed by atoms with van der Waals surface area (Å²) in [4.78, 5) is 24.6. The van der Waals surface area contributed by atoms with Crippen molar-refractivity contribution in [2.75, 3.05) is 39.3 Å². The van der Waals surface area contributed by atoms with Gasteiger partial charge >= 0.3 is 12.0 Å². The molecule has 0 saturated carbocycles. The van der Waals surface area contributed by atoms with Crippen LogP contribution in [0.3, 0.4) is 0 Å². The van der Waals surface area contributed by atoms with Gasteiger partial charge < -0.3 is 26.0 Å². The molecule has 0 aliphatic carbocycles. The number of carboxylic acids is 1. The van der Waals surface area contributed by atoms with Gasteiger partial charge in [-0.2, -0.15) is 0 Å². The Hall–Kier alpha value is -1.34. The lowest BCUT2D eigenvalue weighted by Crippen LogP contribution is -2.47. The summed E-state index contributed by atoms with van der Waals surface area (Å²) < 4.78 is 0. The third-order valence-electron chi connectivity index (χ3n) is 3.16. The van der Waals surface area contributed by atoms with Gasteiger partial charge in [0.25, 0.3) is 0 Å². The summed E-state index contributed by atoms with van der Waals surface area (Å²) in [5.41, 5.74) is 0. The van der Waals surface area contributed by atoms with Gasteiger partial charge in [0.1, 0.15) is 6.04 Å². The monoisotopic (exact) mass is 272 g/mol. The molecule has 0 aromatic heterocycles. The van der Waals surface area contributed by atoms with E-state index in [4.69, 9.17) is 5.11 Å². The first kappa shape index (κ1) is 15.7. The number of hydrogen-bond acceptors (Lipinski definition) is 4. The van der Waals surface area contributed by atoms with Crippen molar-refractivity contribution < 1.29 is 14.7 Å². The third-order valence-corrected chi connectivity index (χ3v) is 3.16. The Morgan fingerprint density at radius 1 is 1.37 bits per heavy atom. The van der Waals surface area contributed by atoms with E-state index < -0.39 is 18.0 Å². The number of carbonyl (C=O) groups is 2. The maximum Gasteiger partial charge on any atom is 0.326 e. The van der Waals surface area contributed by atoms with Crippen molar-refractivity contribution in [1.82, 2.24) is 20.9 Å². The fourth-order valence-corrected chi connectivity index (χ4v) is 1.99. The maximum absolute atomic E-state index is 11.5. The van der Waals surface area contributed by atoms with E-state index in [1.54, 1.807) is 6.92 Å². The largest absolute Gasteiger partial charge is 0.480 e. The Bertz CT molecular complexity index is 293. The van der Waals surface area contributed by atoms with Gasteiger partial charge in [-0.3, -0.25) is 0 Å². The van der Waals surface area contributed by atoms with Crippen LogP contribution in [0.25, 0.3) is 0 Å². The fourth-order valence-electron chi connectivity index (χ4n) is 1.99. The average Bonchev–Trinajstić information content (AvgIpc) is 2.42. The van der Waals surface area contributed by atoms with Crippen LogP contribution in [0.5, 0.6) is 0 Å². The zero-order chi connectivity index (χ0) is 14.1. The van der Waals surface area contributed by atoms with Crippen LogP contribution in [0.2, 0.25) is 0 Å². The van der Waals surface area contributed by atoms with Crippen LogP contribution in [0.1, 0.15) is 19.8 Å². The molecule has 1 atom stereocenters. The van der Waals surface area contributed by atoms with Gasteiger partial charge in [0.2, 0.25) is 0 Å². The second-order valence-corrected chi connectivity index (χ2v) is 4.64. The molecule has 1 saturated heterocycles. The van der Waals surface area contributed by atoms with Gasteiger partial charge in [-0.1, -0.05) is 6.92 Å². The van der Waals surface area contributed by atoms with Crippen molar-refractivity contribution in [3.05, 3.63) is 0 Å². The molecule has 4 N–H and O–H groups in total. The molecule has 1 heterocycles. The molecule has 1 rings (SSSR count). The molecule has 0 unspecified atom stereocenters. The second kappa shape index (κ2) is 8.71. The van der Waals surface area contributed by atoms with Crippen LogP contribution < -0.4 is 16.0 Å². The lowest BCUT2D eigenvalue weighted by Gasteiger charge is -2.27. The average molecular weight is 272 g/mol. The SMILES string of the molecule is CC[C@H](NC(=O)NCCCN1CCNCC1)C(=O)O. The summed E-state index contributed by atoms with van der Waals surface area (Å²) in [6.45, 7) is 7.37. The molecule has 0 spiro atoms. The van der Waals surface area contributed by atoms with Gasteiger partial charge in [-0.25, -0.2) is 9.59 Å². The molecule has 2 amide bonds. The van der Waals surface area contributed by atoms with Crippen molar-refractivity contribution in [3.8, 4) is 0 Å². The third kappa shape index (κ3) is 6.40. The Labute approximate surface area is 113 Å². The maximum atomic E-state index is 11.5. The van der Waals surface area contributed by atoms with Crippen LogP contribution >= 0.6 is 0 Å². The topological polar surface area (TPSA) is 93.7 Å². The van der Waals surface area contributed by atoms with Crippen molar-refractivity contribution >= 4 is 12.0 Å². The van der Waals surface area contributed by atoms with Crippen LogP contribution in [-0.4, -0.2) is 67.3 Å². The van der Waals surface area contributed by atoms with Crippen LogP contribution in [0, 0.1) is 0 Å². The van der Waals surface area contributed by atoms with Crippen molar-refractivity contribution in [1.29, 1.82) is 0 Å². The summed E-state index contributed by atoms with van der Waals surface area (Å²) in [7, 11) is 0. The summed E-state index contributed by atoms with van der Waals surface area (Å²) in [5, 5.41) is 17.2. The molecule has 7 heteroatoms. The van der Waals surface area contributed by atoms with E-state index in [0.717, 1.165) is 39.1 Å². The van der Waals surface area contributed by atoms with E-state index in [1.165, 1.54) is 0 Å². The number of carbonyl (C=O) groups excluding carboxylic acids is 1. The molecule has 0 aromatic carbocycles. The first-order valence-electron chi connectivity index (χ1n) is 6.83. The number of hydrogen-bond donors (Lipinski definition) is 4. The predicted molar refractivity (Wildman–Crippen MR) is 72.2 cm³/mol. The molecule has 1 aliphatic heterocycles. The minimum atomic E-state index is -1.00. The number of rotatable bonds is 7. The minimum Gasteiger partial charge on any atom is -0.480 e. The number of nitrogens with one attached hydrogen (secondary N) is 3. The number of aliphatic carboxylic acids is 1. The molecule has 7 nitrogen and oxygen atoms in total. The minimum absolute atomic E-state index is 0.379. The summed E-state index contributed by atoms with van der Waals surface area (Å²) in [6.07, 6.45) is 1.25. The van der Waals surface area contributed by atoms with E-state index in [-0.39, 0.29) is 0 Å². The second-order valence-electron chi connectivity index (χ2n) is 4.64. The lowest BCUT2D eigenvalue weighted by atomic mass is 10.2. The van der Waals surface area contributed by atoms with Crippen molar-refractivity contribution in [2.24, 2.45) is 0 Å². The highest BCUT2D eigenvalue weighted by molar-refractivity contribution is 5.82. The Kier molecular flexibility index (Phi) is 7.20. The quantitative estimate of drug-likeness (QED) is 0.466. The number of nitrogens with zero attached hydrogens (tertiary/aromatic N) is 1. The fraction of sp³-hybridized carbons (Fsp3) is 0.833. The zero-order valence-corrected chi connectivity index (χ0v) is 11.4. The first-order valence-corrected chi connectivity index (χ1v) is 6.83. The summed E-state index contributed by atoms with van der Waals surface area (Å²) in [6, 6.07) is -1.22. The van der Waals surface area contributed by atoms with E-state index in [2.05, 4.69) is 20.9 Å². The zero-order valence-electron chi connectivity index (χ0n) is 11.4. The standard InChI is InChI=1S/C12H24N4O3/c1-2-10(11(17)18)15-12(19)14-4-3-7-16-8-5-13-6-9-16/h10,13H,2-9H2,1H3,(H,17,18)(H2,14,15,19)/t10-/m0/s1. The van der Waals surface area contributed by atoms with Gasteiger partial charge in [-0.15, -0.1) is 0 Å². The van der Waals surface area contributed by atoms with Crippen molar-refractivity contribution in [3.63, 3.8) is 0 Å². The smallest absolute Gasteiger partial charge is 0.326 e. The van der Waals surface area contributed by atoms with Crippen LogP contribution in [-0.2, 0) is 4.79 Å². The van der Waals surface area contributed by atoms with E-state index >= 15 is 0 Å². The van der Waals surface area contributed by atoms with Gasteiger partial charge in [0.15, 0.2) is 0 Å². The first-order chi connectivity index (χ1) is 9.13. The van der Waals surface area contributed by atoms with E-state index in [9.17, 15) is 9.59 Å². The van der Waals surface area contributed by atoms with Gasteiger partial charge in [-0.05, 0) is 19.4 Å². The molecular formula is C12H24N4O3. The molecular weight excluding hydrogens is 248 g/mol. The number of amides is 2. The number of piperazine rings is 1. The molecule has 110 valence electrons. The normalized spacial score (nSPS) is 17.7. The highest BCUT2D eigenvalue weighted by atomic mass is 16.4. The molecule has 0 aromatic rings. The Morgan fingerprint density at radius 3 is 2.63 bits per heavy atom. The van der Waals surface area contributed by atoms with E-state index in [0.29, 0.717) is 13.0 Å². The number of urea groups is 1. The molecule has 0 bridgehead atoms. The molecule has 1 aliphatic rings. The molecule has 0 radical (unpaired) electrons. The van der Waals surface area contributed by atoms with Crippen LogP contribution in [0.4, 0.5) is 4.79 Å². The molecule has 1 fully saturated rings. The lowest BCUT2D eigenvalue weighted by molar-refractivity contribution is -0.139. The summed E-state index contributed by atoms with van der Waals surface area (Å²) >= 11 is 0.